The molecule has 1 aliphatic carbocycles. The van der Waals surface area contributed by atoms with Gasteiger partial charge in [0.1, 0.15) is 0 Å². The average molecular weight is 402 g/mol. The Morgan fingerprint density at radius 1 is 1.07 bits per heavy atom. The summed E-state index contributed by atoms with van der Waals surface area (Å²) in [5.74, 6) is 0.731. The maximum Gasteiger partial charge on any atom is 0.227 e. The Balaban J connectivity index is 2.31. The average Bonchev–Trinajstić information content (AvgIpc) is 3.19. The molecule has 0 spiro atoms. The number of nitrogens with one attached hydrogen (secondary N) is 1. The molecule has 1 N–H and O–H groups in total. The first-order valence-corrected chi connectivity index (χ1v) is 11.0. The SMILES string of the molecule is CC(C)C(=O)N(Cc1cc(NC(=O)C2CCCC2)ccc1N(C)C)[C@H](C)C(C)C. The Hall–Kier alpha value is -2.04. The summed E-state index contributed by atoms with van der Waals surface area (Å²) < 4.78 is 0. The maximum atomic E-state index is 13.0. The van der Waals surface area contributed by atoms with Crippen molar-refractivity contribution in [1.29, 1.82) is 0 Å². The highest BCUT2D eigenvalue weighted by atomic mass is 16.2. The van der Waals surface area contributed by atoms with Crippen molar-refractivity contribution in [2.45, 2.75) is 72.9 Å². The molecule has 0 radical (unpaired) electrons. The predicted molar refractivity (Wildman–Crippen MR) is 121 cm³/mol. The molecular formula is C24H39N3O2. The third kappa shape index (κ3) is 5.97. The molecule has 0 heterocycles. The molecule has 1 aliphatic rings. The summed E-state index contributed by atoms with van der Waals surface area (Å²) in [6.45, 7) is 10.9. The summed E-state index contributed by atoms with van der Waals surface area (Å²) in [6, 6.07) is 6.18. The summed E-state index contributed by atoms with van der Waals surface area (Å²) in [5, 5.41) is 3.11. The van der Waals surface area contributed by atoms with Gasteiger partial charge >= 0.3 is 0 Å². The van der Waals surface area contributed by atoms with E-state index in [2.05, 4.69) is 31.0 Å². The fraction of sp³-hybridized carbons (Fsp3) is 0.667. The van der Waals surface area contributed by atoms with Crippen LogP contribution in [-0.2, 0) is 16.1 Å². The number of amides is 2. The van der Waals surface area contributed by atoms with Gasteiger partial charge in [-0.25, -0.2) is 0 Å². The molecule has 0 bridgehead atoms. The van der Waals surface area contributed by atoms with Crippen LogP contribution in [0.5, 0.6) is 0 Å². The second-order valence-electron chi connectivity index (χ2n) is 9.31. The molecule has 1 fully saturated rings. The minimum atomic E-state index is -0.0516. The smallest absolute Gasteiger partial charge is 0.227 e. The molecule has 1 aromatic carbocycles. The first-order valence-electron chi connectivity index (χ1n) is 11.0. The highest BCUT2D eigenvalue weighted by Crippen LogP contribution is 2.29. The van der Waals surface area contributed by atoms with E-state index in [9.17, 15) is 9.59 Å². The summed E-state index contributed by atoms with van der Waals surface area (Å²) in [6.07, 6.45) is 4.25. The summed E-state index contributed by atoms with van der Waals surface area (Å²) in [7, 11) is 4.02. The van der Waals surface area contributed by atoms with Gasteiger partial charge in [0.25, 0.3) is 0 Å². The van der Waals surface area contributed by atoms with Crippen LogP contribution in [0.15, 0.2) is 18.2 Å². The van der Waals surface area contributed by atoms with E-state index in [4.69, 9.17) is 0 Å². The van der Waals surface area contributed by atoms with Crippen LogP contribution in [-0.4, -0.2) is 36.9 Å². The first kappa shape index (κ1) is 23.2. The molecule has 5 nitrogen and oxygen atoms in total. The molecule has 2 rings (SSSR count). The zero-order valence-electron chi connectivity index (χ0n) is 19.3. The lowest BCUT2D eigenvalue weighted by Gasteiger charge is -2.34. The molecule has 1 saturated carbocycles. The number of hydrogen-bond acceptors (Lipinski definition) is 3. The monoisotopic (exact) mass is 401 g/mol. The molecule has 1 aromatic rings. The number of benzene rings is 1. The zero-order valence-corrected chi connectivity index (χ0v) is 19.3. The number of carbonyl (C=O) groups excluding carboxylic acids is 2. The quantitative estimate of drug-likeness (QED) is 0.673. The predicted octanol–water partition coefficient (Wildman–Crippen LogP) is 4.91. The molecule has 2 amide bonds. The van der Waals surface area contributed by atoms with Crippen LogP contribution in [0.25, 0.3) is 0 Å². The van der Waals surface area contributed by atoms with Gasteiger partial charge < -0.3 is 15.1 Å². The van der Waals surface area contributed by atoms with Crippen molar-refractivity contribution in [3.05, 3.63) is 23.8 Å². The van der Waals surface area contributed by atoms with Crippen LogP contribution in [0, 0.1) is 17.8 Å². The Morgan fingerprint density at radius 2 is 1.69 bits per heavy atom. The molecule has 5 heteroatoms. The van der Waals surface area contributed by atoms with Gasteiger partial charge in [0.05, 0.1) is 0 Å². The van der Waals surface area contributed by atoms with Crippen LogP contribution >= 0.6 is 0 Å². The van der Waals surface area contributed by atoms with E-state index in [0.717, 1.165) is 42.6 Å². The van der Waals surface area contributed by atoms with Crippen molar-refractivity contribution in [3.8, 4) is 0 Å². The third-order valence-electron chi connectivity index (χ3n) is 6.13. The van der Waals surface area contributed by atoms with E-state index >= 15 is 0 Å². The first-order chi connectivity index (χ1) is 13.6. The summed E-state index contributed by atoms with van der Waals surface area (Å²) in [4.78, 5) is 29.6. The van der Waals surface area contributed by atoms with Gasteiger partial charge in [-0.15, -0.1) is 0 Å². The second-order valence-corrected chi connectivity index (χ2v) is 9.31. The van der Waals surface area contributed by atoms with E-state index in [1.54, 1.807) is 0 Å². The molecule has 29 heavy (non-hydrogen) atoms. The highest BCUT2D eigenvalue weighted by Gasteiger charge is 2.26. The summed E-state index contributed by atoms with van der Waals surface area (Å²) >= 11 is 0. The van der Waals surface area contributed by atoms with Gasteiger partial charge in [-0.1, -0.05) is 40.5 Å². The van der Waals surface area contributed by atoms with Gasteiger partial charge in [0.2, 0.25) is 11.8 Å². The Morgan fingerprint density at radius 3 is 2.21 bits per heavy atom. The highest BCUT2D eigenvalue weighted by molar-refractivity contribution is 5.93. The van der Waals surface area contributed by atoms with E-state index in [0.29, 0.717) is 12.5 Å². The minimum absolute atomic E-state index is 0.0516. The van der Waals surface area contributed by atoms with Crippen LogP contribution in [0.4, 0.5) is 11.4 Å². The van der Waals surface area contributed by atoms with E-state index in [1.807, 2.05) is 51.0 Å². The molecule has 0 saturated heterocycles. The fourth-order valence-electron chi connectivity index (χ4n) is 3.96. The van der Waals surface area contributed by atoms with Crippen molar-refractivity contribution >= 4 is 23.2 Å². The van der Waals surface area contributed by atoms with Gasteiger partial charge in [-0.2, -0.15) is 0 Å². The number of nitrogens with zero attached hydrogens (tertiary/aromatic N) is 2. The fourth-order valence-corrected chi connectivity index (χ4v) is 3.96. The van der Waals surface area contributed by atoms with Crippen LogP contribution in [0.2, 0.25) is 0 Å². The third-order valence-corrected chi connectivity index (χ3v) is 6.13. The summed E-state index contributed by atoms with van der Waals surface area (Å²) in [5.41, 5.74) is 2.94. The maximum absolute atomic E-state index is 13.0. The topological polar surface area (TPSA) is 52.7 Å². The minimum Gasteiger partial charge on any atom is -0.377 e. The van der Waals surface area contributed by atoms with Crippen molar-refractivity contribution in [1.82, 2.24) is 4.90 Å². The lowest BCUT2D eigenvalue weighted by molar-refractivity contribution is -0.138. The van der Waals surface area contributed by atoms with Crippen molar-refractivity contribution < 1.29 is 9.59 Å². The van der Waals surface area contributed by atoms with Gasteiger partial charge in [-0.3, -0.25) is 9.59 Å². The van der Waals surface area contributed by atoms with Gasteiger partial charge in [0, 0.05) is 49.9 Å². The lowest BCUT2D eigenvalue weighted by atomic mass is 10.0. The number of hydrogen-bond donors (Lipinski definition) is 1. The second kappa shape index (κ2) is 10.1. The van der Waals surface area contributed by atoms with Crippen LogP contribution in [0.3, 0.4) is 0 Å². The largest absolute Gasteiger partial charge is 0.377 e. The number of anilines is 2. The molecule has 0 aromatic heterocycles. The number of rotatable bonds is 8. The van der Waals surface area contributed by atoms with Gasteiger partial charge in [0.15, 0.2) is 0 Å². The Labute approximate surface area is 176 Å². The van der Waals surface area contributed by atoms with Crippen LogP contribution in [0.1, 0.15) is 65.9 Å². The molecule has 1 atom stereocenters. The molecule has 0 unspecified atom stereocenters. The lowest BCUT2D eigenvalue weighted by Crippen LogP contribution is -2.43. The Kier molecular flexibility index (Phi) is 8.12. The van der Waals surface area contributed by atoms with Crippen LogP contribution < -0.4 is 10.2 Å². The normalized spacial score (nSPS) is 15.6. The van der Waals surface area contributed by atoms with Crippen molar-refractivity contribution in [2.24, 2.45) is 17.8 Å². The molecular weight excluding hydrogens is 362 g/mol. The number of carbonyl (C=O) groups is 2. The van der Waals surface area contributed by atoms with E-state index in [-0.39, 0.29) is 29.7 Å². The van der Waals surface area contributed by atoms with Crippen molar-refractivity contribution in [2.75, 3.05) is 24.3 Å². The standard InChI is InChI=1S/C24H39N3O2/c1-16(2)18(5)27(24(29)17(3)4)15-20-14-21(12-13-22(20)26(6)7)25-23(28)19-10-8-9-11-19/h12-14,16-19H,8-11,15H2,1-7H3,(H,25,28)/t18-/m1/s1. The Bertz CT molecular complexity index is 706. The van der Waals surface area contributed by atoms with E-state index < -0.39 is 0 Å². The van der Waals surface area contributed by atoms with E-state index in [1.165, 1.54) is 0 Å². The zero-order chi connectivity index (χ0) is 21.7. The molecule has 0 aliphatic heterocycles. The van der Waals surface area contributed by atoms with Crippen molar-refractivity contribution in [3.63, 3.8) is 0 Å². The van der Waals surface area contributed by atoms with Gasteiger partial charge in [-0.05, 0) is 49.4 Å². The molecule has 162 valence electrons.